The van der Waals surface area contributed by atoms with E-state index in [1.165, 1.54) is 26.2 Å². The number of rotatable bonds is 3. The highest BCUT2D eigenvalue weighted by Crippen LogP contribution is 2.25. The number of nitrogens with one attached hydrogen (secondary N) is 1. The third-order valence-corrected chi connectivity index (χ3v) is 5.21. The van der Waals surface area contributed by atoms with Crippen molar-refractivity contribution < 1.29 is 9.59 Å². The van der Waals surface area contributed by atoms with E-state index in [0.29, 0.717) is 5.69 Å². The average Bonchev–Trinajstić information content (AvgIpc) is 2.89. The van der Waals surface area contributed by atoms with Crippen LogP contribution in [0, 0.1) is 17.8 Å². The Balaban J connectivity index is 1.68. The Kier molecular flexibility index (Phi) is 5.95. The van der Waals surface area contributed by atoms with Crippen LogP contribution in [0.25, 0.3) is 0 Å². The van der Waals surface area contributed by atoms with E-state index in [0.717, 1.165) is 31.6 Å². The van der Waals surface area contributed by atoms with E-state index in [4.69, 9.17) is 0 Å². The summed E-state index contributed by atoms with van der Waals surface area (Å²) >= 11 is 0. The molecule has 3 rings (SSSR count). The first kappa shape index (κ1) is 18.5. The number of carbonyl (C=O) groups is 2. The number of anilines is 1. The third-order valence-electron chi connectivity index (χ3n) is 5.21. The topological polar surface area (TPSA) is 52.7 Å². The van der Waals surface area contributed by atoms with Crippen molar-refractivity contribution in [2.75, 3.05) is 32.0 Å². The van der Waals surface area contributed by atoms with Crippen molar-refractivity contribution in [1.29, 1.82) is 0 Å². The maximum Gasteiger partial charge on any atom is 0.227 e. The van der Waals surface area contributed by atoms with Crippen molar-refractivity contribution in [2.24, 2.45) is 5.92 Å². The Hall–Kier alpha value is -2.32. The van der Waals surface area contributed by atoms with Gasteiger partial charge in [-0.05, 0) is 44.5 Å². The largest absolute Gasteiger partial charge is 0.332 e. The summed E-state index contributed by atoms with van der Waals surface area (Å²) in [5.74, 6) is 6.53. The van der Waals surface area contributed by atoms with Crippen LogP contribution in [0.1, 0.15) is 38.2 Å². The molecule has 0 aromatic heterocycles. The summed E-state index contributed by atoms with van der Waals surface area (Å²) in [5.41, 5.74) is 1.49. The van der Waals surface area contributed by atoms with Crippen LogP contribution in [0.5, 0.6) is 0 Å². The average molecular weight is 353 g/mol. The minimum absolute atomic E-state index is 0.0444. The second-order valence-electron chi connectivity index (χ2n) is 7.25. The van der Waals surface area contributed by atoms with Gasteiger partial charge in [0.1, 0.15) is 0 Å². The first-order valence-electron chi connectivity index (χ1n) is 9.42. The zero-order valence-electron chi connectivity index (χ0n) is 15.6. The SMILES string of the molecule is CC(=O)Nc1ccccc1C#C[C@@H]1C[C@H](CN2CCCCC2)C(=O)N1C. The number of hydrogen-bond donors (Lipinski definition) is 1. The van der Waals surface area contributed by atoms with Crippen LogP contribution >= 0.6 is 0 Å². The number of piperidine rings is 1. The van der Waals surface area contributed by atoms with Gasteiger partial charge in [0.2, 0.25) is 11.8 Å². The molecule has 2 atom stereocenters. The summed E-state index contributed by atoms with van der Waals surface area (Å²) in [5, 5.41) is 2.80. The van der Waals surface area contributed by atoms with E-state index in [9.17, 15) is 9.59 Å². The fraction of sp³-hybridized carbons (Fsp3) is 0.524. The van der Waals surface area contributed by atoms with Crippen molar-refractivity contribution in [3.05, 3.63) is 29.8 Å². The number of para-hydroxylation sites is 1. The third kappa shape index (κ3) is 4.44. The molecule has 2 fully saturated rings. The van der Waals surface area contributed by atoms with Crippen molar-refractivity contribution in [3.63, 3.8) is 0 Å². The van der Waals surface area contributed by atoms with Gasteiger partial charge >= 0.3 is 0 Å². The standard InChI is InChI=1S/C21H27N3O2/c1-16(25)22-20-9-5-4-8-17(20)10-11-19-14-18(21(26)23(19)2)15-24-12-6-3-7-13-24/h4-5,8-9,18-19H,3,6-7,12-15H2,1-2H3,(H,22,25)/t18-,19-/m1/s1. The van der Waals surface area contributed by atoms with Gasteiger partial charge in [-0.25, -0.2) is 0 Å². The normalized spacial score (nSPS) is 23.5. The van der Waals surface area contributed by atoms with E-state index < -0.39 is 0 Å². The summed E-state index contributed by atoms with van der Waals surface area (Å²) in [6.45, 7) is 4.55. The number of likely N-dealkylation sites (tertiary alicyclic amines) is 2. The number of benzene rings is 1. The highest BCUT2D eigenvalue weighted by molar-refractivity contribution is 5.90. The van der Waals surface area contributed by atoms with Gasteiger partial charge in [-0.3, -0.25) is 9.59 Å². The summed E-state index contributed by atoms with van der Waals surface area (Å²) in [7, 11) is 1.84. The molecule has 1 aromatic rings. The number of amides is 2. The van der Waals surface area contributed by atoms with Gasteiger partial charge in [-0.15, -0.1) is 0 Å². The second kappa shape index (κ2) is 8.37. The van der Waals surface area contributed by atoms with Crippen molar-refractivity contribution >= 4 is 17.5 Å². The summed E-state index contributed by atoms with van der Waals surface area (Å²) in [4.78, 5) is 28.1. The molecule has 2 aliphatic rings. The molecule has 138 valence electrons. The number of nitrogens with zero attached hydrogens (tertiary/aromatic N) is 2. The molecule has 0 radical (unpaired) electrons. The molecule has 5 nitrogen and oxygen atoms in total. The zero-order chi connectivity index (χ0) is 18.5. The van der Waals surface area contributed by atoms with Gasteiger partial charge in [0.05, 0.1) is 17.6 Å². The van der Waals surface area contributed by atoms with Gasteiger partial charge in [-0.1, -0.05) is 30.4 Å². The van der Waals surface area contributed by atoms with Crippen LogP contribution < -0.4 is 5.32 Å². The summed E-state index contributed by atoms with van der Waals surface area (Å²) in [6.07, 6.45) is 4.55. The Morgan fingerprint density at radius 3 is 2.69 bits per heavy atom. The Morgan fingerprint density at radius 2 is 1.96 bits per heavy atom. The monoisotopic (exact) mass is 353 g/mol. The lowest BCUT2D eigenvalue weighted by Crippen LogP contribution is -2.37. The molecule has 5 heteroatoms. The molecule has 2 saturated heterocycles. The molecule has 2 amide bonds. The molecule has 0 bridgehead atoms. The molecule has 0 unspecified atom stereocenters. The molecule has 0 spiro atoms. The molecular weight excluding hydrogens is 326 g/mol. The Morgan fingerprint density at radius 1 is 1.23 bits per heavy atom. The predicted molar refractivity (Wildman–Crippen MR) is 103 cm³/mol. The maximum absolute atomic E-state index is 12.6. The minimum Gasteiger partial charge on any atom is -0.332 e. The van der Waals surface area contributed by atoms with Gasteiger partial charge in [0.15, 0.2) is 0 Å². The highest BCUT2D eigenvalue weighted by atomic mass is 16.2. The second-order valence-corrected chi connectivity index (χ2v) is 7.25. The molecule has 2 heterocycles. The number of carbonyl (C=O) groups excluding carboxylic acids is 2. The van der Waals surface area contributed by atoms with E-state index in [2.05, 4.69) is 22.1 Å². The fourth-order valence-electron chi connectivity index (χ4n) is 3.78. The van der Waals surface area contributed by atoms with Crippen molar-refractivity contribution in [3.8, 4) is 11.8 Å². The minimum atomic E-state index is -0.117. The molecule has 1 aromatic carbocycles. The van der Waals surface area contributed by atoms with Crippen LogP contribution in [0.4, 0.5) is 5.69 Å². The molecule has 2 aliphatic heterocycles. The smallest absolute Gasteiger partial charge is 0.227 e. The quantitative estimate of drug-likeness (QED) is 0.849. The van der Waals surface area contributed by atoms with Crippen LogP contribution in [0.15, 0.2) is 24.3 Å². The van der Waals surface area contributed by atoms with E-state index in [1.807, 2.05) is 31.3 Å². The number of hydrogen-bond acceptors (Lipinski definition) is 3. The van der Waals surface area contributed by atoms with Gasteiger partial charge in [0.25, 0.3) is 0 Å². The molecule has 0 aliphatic carbocycles. The first-order valence-corrected chi connectivity index (χ1v) is 9.42. The van der Waals surface area contributed by atoms with Crippen LogP contribution in [0.3, 0.4) is 0 Å². The van der Waals surface area contributed by atoms with Gasteiger partial charge < -0.3 is 15.1 Å². The van der Waals surface area contributed by atoms with Crippen LogP contribution in [0.2, 0.25) is 0 Å². The Labute approximate surface area is 155 Å². The van der Waals surface area contributed by atoms with Crippen LogP contribution in [-0.2, 0) is 9.59 Å². The lowest BCUT2D eigenvalue weighted by Gasteiger charge is -2.28. The maximum atomic E-state index is 12.6. The van der Waals surface area contributed by atoms with Gasteiger partial charge in [-0.2, -0.15) is 0 Å². The zero-order valence-corrected chi connectivity index (χ0v) is 15.6. The van der Waals surface area contributed by atoms with Gasteiger partial charge in [0, 0.05) is 26.1 Å². The van der Waals surface area contributed by atoms with Crippen molar-refractivity contribution in [2.45, 2.75) is 38.6 Å². The first-order chi connectivity index (χ1) is 12.5. The van der Waals surface area contributed by atoms with E-state index >= 15 is 0 Å². The van der Waals surface area contributed by atoms with E-state index in [-0.39, 0.29) is 23.8 Å². The molecule has 0 saturated carbocycles. The Bertz CT molecular complexity index is 728. The molecule has 26 heavy (non-hydrogen) atoms. The van der Waals surface area contributed by atoms with E-state index in [1.54, 1.807) is 4.90 Å². The predicted octanol–water partition coefficient (Wildman–Crippen LogP) is 2.33. The van der Waals surface area contributed by atoms with Crippen LogP contribution in [-0.4, -0.2) is 54.3 Å². The molecular formula is C21H27N3O2. The lowest BCUT2D eigenvalue weighted by molar-refractivity contribution is -0.130. The summed E-state index contributed by atoms with van der Waals surface area (Å²) < 4.78 is 0. The lowest BCUT2D eigenvalue weighted by atomic mass is 10.0. The molecule has 1 N–H and O–H groups in total. The van der Waals surface area contributed by atoms with Crippen molar-refractivity contribution in [1.82, 2.24) is 9.80 Å². The highest BCUT2D eigenvalue weighted by Gasteiger charge is 2.37. The summed E-state index contributed by atoms with van der Waals surface area (Å²) in [6, 6.07) is 7.44. The fourth-order valence-corrected chi connectivity index (χ4v) is 3.78.